The molecule has 2 N–H and O–H groups in total. The third-order valence-corrected chi connectivity index (χ3v) is 6.26. The molecule has 2 rings (SSSR count). The zero-order valence-electron chi connectivity index (χ0n) is 21.2. The highest BCUT2D eigenvalue weighted by atomic mass is 32.2. The van der Waals surface area contributed by atoms with E-state index in [0.717, 1.165) is 4.90 Å². The smallest absolute Gasteiger partial charge is 0.326 e. The molecular formula is C25H37N3O6S. The molecule has 0 spiro atoms. The Labute approximate surface area is 211 Å². The molecule has 2 atom stereocenters. The molecule has 0 saturated heterocycles. The van der Waals surface area contributed by atoms with E-state index >= 15 is 0 Å². The average Bonchev–Trinajstić information content (AvgIpc) is 2.89. The first-order valence-corrected chi connectivity index (χ1v) is 12.9. The van der Waals surface area contributed by atoms with E-state index in [9.17, 15) is 19.2 Å². The molecule has 35 heavy (non-hydrogen) atoms. The Morgan fingerprint density at radius 1 is 1.20 bits per heavy atom. The van der Waals surface area contributed by atoms with Crippen LogP contribution in [0.5, 0.6) is 0 Å². The number of ether oxygens (including phenoxy) is 2. The first-order valence-electron chi connectivity index (χ1n) is 11.9. The second-order valence-corrected chi connectivity index (χ2v) is 10.4. The zero-order chi connectivity index (χ0) is 26.0. The van der Waals surface area contributed by atoms with E-state index in [0.29, 0.717) is 37.2 Å². The predicted octanol–water partition coefficient (Wildman–Crippen LogP) is 2.66. The highest BCUT2D eigenvalue weighted by molar-refractivity contribution is 7.99. The maximum Gasteiger partial charge on any atom is 0.326 e. The fourth-order valence-corrected chi connectivity index (χ4v) is 4.72. The summed E-state index contributed by atoms with van der Waals surface area (Å²) in [6, 6.07) is 6.01. The standard InChI is InChI=1S/C25H37N3O6S/c1-6-33-24(32)18(11-9-10-14-26-17(2)29)27-19-16-35-21-13-8-7-12-20(21)28(23(19)31)15-22(30)34-25(3,4)5/h7-8,12-13,18-19,27H,6,9-11,14-16H2,1-5H3,(H,26,29)/t18-,19?/m1/s1. The Balaban J connectivity index is 2.18. The Morgan fingerprint density at radius 3 is 2.57 bits per heavy atom. The van der Waals surface area contributed by atoms with Gasteiger partial charge in [-0.05, 0) is 59.1 Å². The highest BCUT2D eigenvalue weighted by Crippen LogP contribution is 2.34. The fraction of sp³-hybridized carbons (Fsp3) is 0.600. The molecule has 0 saturated carbocycles. The van der Waals surface area contributed by atoms with Gasteiger partial charge in [0.05, 0.1) is 18.3 Å². The maximum atomic E-state index is 13.6. The van der Waals surface area contributed by atoms with E-state index in [1.54, 1.807) is 33.8 Å². The van der Waals surface area contributed by atoms with Crippen molar-refractivity contribution in [3.63, 3.8) is 0 Å². The van der Waals surface area contributed by atoms with Crippen LogP contribution in [0.4, 0.5) is 5.69 Å². The van der Waals surface area contributed by atoms with Gasteiger partial charge in [-0.3, -0.25) is 29.4 Å². The summed E-state index contributed by atoms with van der Waals surface area (Å²) in [5, 5.41) is 5.93. The molecule has 1 aliphatic rings. The second kappa shape index (κ2) is 13.5. The van der Waals surface area contributed by atoms with Crippen molar-refractivity contribution in [3.05, 3.63) is 24.3 Å². The van der Waals surface area contributed by atoms with Gasteiger partial charge in [-0.15, -0.1) is 11.8 Å². The molecule has 9 nitrogen and oxygen atoms in total. The van der Waals surface area contributed by atoms with Crippen LogP contribution in [0.3, 0.4) is 0 Å². The number of hydrogen-bond donors (Lipinski definition) is 2. The van der Waals surface area contributed by atoms with E-state index in [-0.39, 0.29) is 25.0 Å². The normalized spacial score (nSPS) is 16.7. The van der Waals surface area contributed by atoms with Gasteiger partial charge in [0.15, 0.2) is 0 Å². The number of fused-ring (bicyclic) bond motifs is 1. The number of unbranched alkanes of at least 4 members (excludes halogenated alkanes) is 1. The lowest BCUT2D eigenvalue weighted by Gasteiger charge is -2.28. The summed E-state index contributed by atoms with van der Waals surface area (Å²) < 4.78 is 10.7. The second-order valence-electron chi connectivity index (χ2n) is 9.29. The molecule has 0 aromatic heterocycles. The van der Waals surface area contributed by atoms with Gasteiger partial charge in [0, 0.05) is 24.1 Å². The quantitative estimate of drug-likeness (QED) is 0.347. The lowest BCUT2D eigenvalue weighted by Crippen LogP contribution is -2.54. The number of hydrogen-bond acceptors (Lipinski definition) is 8. The van der Waals surface area contributed by atoms with Crippen molar-refractivity contribution in [2.75, 3.05) is 30.3 Å². The topological polar surface area (TPSA) is 114 Å². The van der Waals surface area contributed by atoms with Crippen molar-refractivity contribution in [1.82, 2.24) is 10.6 Å². The van der Waals surface area contributed by atoms with Gasteiger partial charge in [-0.2, -0.15) is 0 Å². The van der Waals surface area contributed by atoms with Crippen molar-refractivity contribution in [2.45, 2.75) is 76.5 Å². The lowest BCUT2D eigenvalue weighted by atomic mass is 10.1. The van der Waals surface area contributed by atoms with E-state index in [1.165, 1.54) is 23.6 Å². The van der Waals surface area contributed by atoms with Gasteiger partial charge in [0.25, 0.3) is 0 Å². The van der Waals surface area contributed by atoms with Crippen LogP contribution in [0.15, 0.2) is 29.2 Å². The number of anilines is 1. The number of thioether (sulfide) groups is 1. The van der Waals surface area contributed by atoms with Crippen molar-refractivity contribution in [1.29, 1.82) is 0 Å². The summed E-state index contributed by atoms with van der Waals surface area (Å²) in [6.45, 7) is 9.04. The zero-order valence-corrected chi connectivity index (χ0v) is 22.0. The third kappa shape index (κ3) is 9.52. The SMILES string of the molecule is CCOC(=O)[C@@H](CCCCNC(C)=O)NC1CSc2ccccc2N(CC(=O)OC(C)(C)C)C1=O. The molecule has 0 aliphatic carbocycles. The van der Waals surface area contributed by atoms with Crippen molar-refractivity contribution < 1.29 is 28.7 Å². The number of benzene rings is 1. The van der Waals surface area contributed by atoms with Gasteiger partial charge in [0.2, 0.25) is 11.8 Å². The van der Waals surface area contributed by atoms with Crippen LogP contribution >= 0.6 is 11.8 Å². The predicted molar refractivity (Wildman–Crippen MR) is 135 cm³/mol. The number of carbonyl (C=O) groups is 4. The van der Waals surface area contributed by atoms with Crippen LogP contribution < -0.4 is 15.5 Å². The van der Waals surface area contributed by atoms with Crippen molar-refractivity contribution in [3.8, 4) is 0 Å². The number of para-hydroxylation sites is 1. The Bertz CT molecular complexity index is 901. The van der Waals surface area contributed by atoms with Crippen LogP contribution in [0.2, 0.25) is 0 Å². The molecule has 194 valence electrons. The van der Waals surface area contributed by atoms with Gasteiger partial charge < -0.3 is 14.8 Å². The Hall–Kier alpha value is -2.59. The van der Waals surface area contributed by atoms with Crippen molar-refractivity contribution >= 4 is 41.2 Å². The van der Waals surface area contributed by atoms with Gasteiger partial charge in [-0.25, -0.2) is 0 Å². The molecule has 1 heterocycles. The highest BCUT2D eigenvalue weighted by Gasteiger charge is 2.35. The van der Waals surface area contributed by atoms with Crippen molar-refractivity contribution in [2.24, 2.45) is 0 Å². The van der Waals surface area contributed by atoms with E-state index < -0.39 is 29.6 Å². The third-order valence-electron chi connectivity index (χ3n) is 5.10. The first kappa shape index (κ1) is 28.6. The Kier molecular flexibility index (Phi) is 11.0. The minimum atomic E-state index is -0.709. The molecule has 0 fully saturated rings. The molecule has 1 aromatic carbocycles. The van der Waals surface area contributed by atoms with E-state index in [4.69, 9.17) is 9.47 Å². The summed E-state index contributed by atoms with van der Waals surface area (Å²) in [5.74, 6) is -0.948. The monoisotopic (exact) mass is 507 g/mol. The van der Waals surface area contributed by atoms with Crippen LogP contribution in [0.1, 0.15) is 53.9 Å². The molecule has 2 amide bonds. The number of rotatable bonds is 11. The van der Waals surface area contributed by atoms with Gasteiger partial charge >= 0.3 is 11.9 Å². The molecule has 1 aliphatic heterocycles. The summed E-state index contributed by atoms with van der Waals surface area (Å²) in [4.78, 5) is 52.3. The summed E-state index contributed by atoms with van der Waals surface area (Å²) >= 11 is 1.49. The molecule has 0 bridgehead atoms. The van der Waals surface area contributed by atoms with Gasteiger partial charge in [-0.1, -0.05) is 12.1 Å². The minimum absolute atomic E-state index is 0.101. The number of esters is 2. The number of nitrogens with zero attached hydrogens (tertiary/aromatic N) is 1. The number of carbonyl (C=O) groups excluding carboxylic acids is 4. The van der Waals surface area contributed by atoms with Crippen LogP contribution in [-0.2, 0) is 28.7 Å². The molecule has 10 heteroatoms. The van der Waals surface area contributed by atoms with Gasteiger partial charge in [0.1, 0.15) is 18.2 Å². The maximum absolute atomic E-state index is 13.6. The molecule has 1 unspecified atom stereocenters. The van der Waals surface area contributed by atoms with E-state index in [2.05, 4.69) is 10.6 Å². The Morgan fingerprint density at radius 2 is 1.91 bits per heavy atom. The number of amides is 2. The van der Waals surface area contributed by atoms with E-state index in [1.807, 2.05) is 18.2 Å². The average molecular weight is 508 g/mol. The summed E-state index contributed by atoms with van der Waals surface area (Å²) in [5.41, 5.74) is -0.0369. The molecule has 0 radical (unpaired) electrons. The minimum Gasteiger partial charge on any atom is -0.465 e. The van der Waals surface area contributed by atoms with Crippen LogP contribution in [-0.4, -0.2) is 66.9 Å². The largest absolute Gasteiger partial charge is 0.465 e. The summed E-state index contributed by atoms with van der Waals surface area (Å²) in [6.07, 6.45) is 1.80. The fourth-order valence-electron chi connectivity index (χ4n) is 3.63. The molecular weight excluding hydrogens is 470 g/mol. The first-order chi connectivity index (χ1) is 16.5. The number of nitrogens with one attached hydrogen (secondary N) is 2. The lowest BCUT2D eigenvalue weighted by molar-refractivity contribution is -0.154. The van der Waals surface area contributed by atoms with Crippen LogP contribution in [0, 0.1) is 0 Å². The van der Waals surface area contributed by atoms with Crippen LogP contribution in [0.25, 0.3) is 0 Å². The molecule has 1 aromatic rings. The summed E-state index contributed by atoms with van der Waals surface area (Å²) in [7, 11) is 0.